The second-order valence-electron chi connectivity index (χ2n) is 7.46. The van der Waals surface area contributed by atoms with Gasteiger partial charge in [0.15, 0.2) is 0 Å². The van der Waals surface area contributed by atoms with Gasteiger partial charge in [-0.15, -0.1) is 0 Å². The van der Waals surface area contributed by atoms with Crippen LogP contribution < -0.4 is 10.2 Å². The Balaban J connectivity index is 1.34. The Morgan fingerprint density at radius 1 is 1.08 bits per heavy atom. The molecular formula is C20H24N6. The zero-order valence-electron chi connectivity index (χ0n) is 14.9. The number of nitrogens with one attached hydrogen (secondary N) is 1. The minimum absolute atomic E-state index is 0.443. The predicted octanol–water partition coefficient (Wildman–Crippen LogP) is 3.32. The van der Waals surface area contributed by atoms with Crippen LogP contribution in [0.3, 0.4) is 0 Å². The van der Waals surface area contributed by atoms with E-state index in [0.29, 0.717) is 6.04 Å². The third-order valence-electron chi connectivity index (χ3n) is 5.53. The highest BCUT2D eigenvalue weighted by Crippen LogP contribution is 2.30. The van der Waals surface area contributed by atoms with Crippen molar-refractivity contribution in [2.45, 2.75) is 38.3 Å². The molecular weight excluding hydrogens is 324 g/mol. The van der Waals surface area contributed by atoms with Gasteiger partial charge in [0, 0.05) is 31.7 Å². The number of aromatic nitrogens is 4. The van der Waals surface area contributed by atoms with Crippen LogP contribution >= 0.6 is 0 Å². The molecule has 1 aliphatic heterocycles. The molecule has 1 saturated carbocycles. The van der Waals surface area contributed by atoms with E-state index < -0.39 is 0 Å². The molecule has 6 heteroatoms. The number of nitrogens with zero attached hydrogens (tertiary/aromatic N) is 5. The largest absolute Gasteiger partial charge is 0.370 e. The molecule has 0 amide bonds. The maximum Gasteiger partial charge on any atom is 0.134 e. The van der Waals surface area contributed by atoms with Crippen molar-refractivity contribution in [3.63, 3.8) is 0 Å². The molecule has 1 N–H and O–H groups in total. The molecule has 0 radical (unpaired) electrons. The lowest BCUT2D eigenvalue weighted by molar-refractivity contribution is 0.556. The van der Waals surface area contributed by atoms with Crippen molar-refractivity contribution >= 4 is 22.7 Å². The molecule has 1 unspecified atom stereocenters. The summed E-state index contributed by atoms with van der Waals surface area (Å²) >= 11 is 0. The van der Waals surface area contributed by atoms with Crippen molar-refractivity contribution in [1.82, 2.24) is 19.5 Å². The van der Waals surface area contributed by atoms with Crippen LogP contribution in [0, 0.1) is 5.92 Å². The Hall–Kier alpha value is -2.63. The summed E-state index contributed by atoms with van der Waals surface area (Å²) in [7, 11) is 0. The number of hydrogen-bond donors (Lipinski definition) is 1. The van der Waals surface area contributed by atoms with E-state index in [9.17, 15) is 0 Å². The van der Waals surface area contributed by atoms with Crippen LogP contribution in [0.1, 0.15) is 25.7 Å². The first-order valence-electron chi connectivity index (χ1n) is 9.59. The topological polar surface area (TPSA) is 58.9 Å². The second-order valence-corrected chi connectivity index (χ2v) is 7.46. The van der Waals surface area contributed by atoms with Gasteiger partial charge in [-0.25, -0.2) is 15.0 Å². The first kappa shape index (κ1) is 15.6. The summed E-state index contributed by atoms with van der Waals surface area (Å²) in [6, 6.07) is 10.9. The molecule has 3 aromatic rings. The lowest BCUT2D eigenvalue weighted by Gasteiger charge is -2.26. The molecule has 3 heterocycles. The Morgan fingerprint density at radius 3 is 2.92 bits per heavy atom. The minimum Gasteiger partial charge on any atom is -0.370 e. The Labute approximate surface area is 153 Å². The Bertz CT molecular complexity index is 900. The summed E-state index contributed by atoms with van der Waals surface area (Å²) in [6.45, 7) is 3.02. The average Bonchev–Trinajstić information content (AvgIpc) is 3.25. The quantitative estimate of drug-likeness (QED) is 0.740. The van der Waals surface area contributed by atoms with Crippen molar-refractivity contribution in [3.05, 3.63) is 43.0 Å². The van der Waals surface area contributed by atoms with Gasteiger partial charge in [0.05, 0.1) is 17.4 Å². The number of hydrogen-bond acceptors (Lipinski definition) is 5. The van der Waals surface area contributed by atoms with Crippen molar-refractivity contribution in [2.75, 3.05) is 23.3 Å². The van der Waals surface area contributed by atoms with Gasteiger partial charge in [-0.2, -0.15) is 0 Å². The molecule has 1 saturated heterocycles. The average molecular weight is 348 g/mol. The number of fused-ring (bicyclic) bond motifs is 1. The summed E-state index contributed by atoms with van der Waals surface area (Å²) in [6.07, 6.45) is 8.72. The minimum atomic E-state index is 0.443. The molecule has 1 atom stereocenters. The van der Waals surface area contributed by atoms with Crippen LogP contribution in [0.5, 0.6) is 0 Å². The van der Waals surface area contributed by atoms with E-state index in [1.807, 2.05) is 12.4 Å². The zero-order chi connectivity index (χ0) is 17.3. The van der Waals surface area contributed by atoms with Gasteiger partial charge in [-0.1, -0.05) is 12.1 Å². The van der Waals surface area contributed by atoms with Gasteiger partial charge < -0.3 is 14.8 Å². The highest BCUT2D eigenvalue weighted by atomic mass is 15.3. The molecule has 1 aliphatic carbocycles. The standard InChI is InChI=1S/C20H24N6/c1-2-6-18-17(5-1)24-14-25(18)12-16-4-3-9-26(16)20-10-19(22-13-23-20)21-11-15-7-8-15/h1-2,5-6,10,13-16H,3-4,7-9,11-12H2,(H,21,22,23). The second kappa shape index (κ2) is 6.59. The molecule has 0 bridgehead atoms. The van der Waals surface area contributed by atoms with Gasteiger partial charge in [0.1, 0.15) is 18.0 Å². The number of rotatable bonds is 6. The highest BCUT2D eigenvalue weighted by molar-refractivity contribution is 5.74. The lowest BCUT2D eigenvalue weighted by Crippen LogP contribution is -2.33. The van der Waals surface area contributed by atoms with Gasteiger partial charge in [-0.05, 0) is 43.7 Å². The zero-order valence-corrected chi connectivity index (χ0v) is 14.9. The molecule has 6 nitrogen and oxygen atoms in total. The Morgan fingerprint density at radius 2 is 2.00 bits per heavy atom. The Kier molecular flexibility index (Phi) is 3.96. The number of benzene rings is 1. The fraction of sp³-hybridized carbons (Fsp3) is 0.450. The van der Waals surface area contributed by atoms with Crippen LogP contribution in [0.25, 0.3) is 11.0 Å². The normalized spacial score (nSPS) is 20.0. The van der Waals surface area contributed by atoms with Crippen molar-refractivity contribution in [2.24, 2.45) is 5.92 Å². The van der Waals surface area contributed by atoms with Gasteiger partial charge >= 0.3 is 0 Å². The first-order valence-corrected chi connectivity index (χ1v) is 9.59. The molecule has 5 rings (SSSR count). The van der Waals surface area contributed by atoms with E-state index in [1.54, 1.807) is 6.33 Å². The van der Waals surface area contributed by atoms with Crippen molar-refractivity contribution in [3.8, 4) is 0 Å². The fourth-order valence-corrected chi connectivity index (χ4v) is 3.88. The van der Waals surface area contributed by atoms with Crippen molar-refractivity contribution in [1.29, 1.82) is 0 Å². The van der Waals surface area contributed by atoms with Crippen LogP contribution in [0.2, 0.25) is 0 Å². The molecule has 0 spiro atoms. The summed E-state index contributed by atoms with van der Waals surface area (Å²) in [4.78, 5) is 15.9. The molecule has 134 valence electrons. The molecule has 26 heavy (non-hydrogen) atoms. The maximum atomic E-state index is 4.56. The highest BCUT2D eigenvalue weighted by Gasteiger charge is 2.27. The SMILES string of the molecule is c1ccc2c(c1)ncn2CC1CCCN1c1cc(NCC2CC2)ncn1. The number of imidazole rings is 1. The smallest absolute Gasteiger partial charge is 0.134 e. The monoisotopic (exact) mass is 348 g/mol. The molecule has 2 fully saturated rings. The van der Waals surface area contributed by atoms with E-state index >= 15 is 0 Å². The van der Waals surface area contributed by atoms with E-state index in [1.165, 1.54) is 31.2 Å². The van der Waals surface area contributed by atoms with Crippen LogP contribution in [-0.4, -0.2) is 38.7 Å². The first-order chi connectivity index (χ1) is 12.9. The molecule has 1 aromatic carbocycles. The third-order valence-corrected chi connectivity index (χ3v) is 5.53. The lowest BCUT2D eigenvalue weighted by atomic mass is 10.2. The van der Waals surface area contributed by atoms with E-state index in [4.69, 9.17) is 0 Å². The summed E-state index contributed by atoms with van der Waals surface area (Å²) < 4.78 is 2.27. The molecule has 2 aromatic heterocycles. The van der Waals surface area contributed by atoms with Crippen LogP contribution in [0.4, 0.5) is 11.6 Å². The van der Waals surface area contributed by atoms with Crippen molar-refractivity contribution < 1.29 is 0 Å². The number of para-hydroxylation sites is 2. The van der Waals surface area contributed by atoms with E-state index in [0.717, 1.165) is 42.7 Å². The van der Waals surface area contributed by atoms with Crippen LogP contribution in [-0.2, 0) is 6.54 Å². The van der Waals surface area contributed by atoms with E-state index in [2.05, 4.69) is 54.0 Å². The fourth-order valence-electron chi connectivity index (χ4n) is 3.88. The maximum absolute atomic E-state index is 4.56. The van der Waals surface area contributed by atoms with E-state index in [-0.39, 0.29) is 0 Å². The summed E-state index contributed by atoms with van der Waals surface area (Å²) in [5.74, 6) is 2.81. The predicted molar refractivity (Wildman–Crippen MR) is 103 cm³/mol. The molecule has 2 aliphatic rings. The van der Waals surface area contributed by atoms with Gasteiger partial charge in [0.25, 0.3) is 0 Å². The number of anilines is 2. The van der Waals surface area contributed by atoms with Gasteiger partial charge in [-0.3, -0.25) is 0 Å². The third kappa shape index (κ3) is 3.11. The van der Waals surface area contributed by atoms with Gasteiger partial charge in [0.2, 0.25) is 0 Å². The summed E-state index contributed by atoms with van der Waals surface area (Å²) in [5, 5.41) is 3.46. The van der Waals surface area contributed by atoms with Crippen LogP contribution in [0.15, 0.2) is 43.0 Å². The summed E-state index contributed by atoms with van der Waals surface area (Å²) in [5.41, 5.74) is 2.26.